The molecule has 38 heavy (non-hydrogen) atoms. The van der Waals surface area contributed by atoms with Crippen molar-refractivity contribution >= 4 is 36.7 Å². The Bertz CT molecular complexity index is 1170. The van der Waals surface area contributed by atoms with Gasteiger partial charge in [0.15, 0.2) is 0 Å². The van der Waals surface area contributed by atoms with Crippen molar-refractivity contribution in [2.75, 3.05) is 0 Å². The Morgan fingerprint density at radius 2 is 1.26 bits per heavy atom. The molecular weight excluding hydrogens is 579 g/mol. The number of nitrogens with zero attached hydrogens (tertiary/aromatic N) is 4. The van der Waals surface area contributed by atoms with Gasteiger partial charge >= 0.3 is 238 Å². The van der Waals surface area contributed by atoms with Gasteiger partial charge in [0.1, 0.15) is 0 Å². The van der Waals surface area contributed by atoms with E-state index >= 15 is 0 Å². The number of benzene rings is 2. The minimum absolute atomic E-state index is 0.219. The fraction of sp³-hybridized carbons (Fsp3) is 0.484. The van der Waals surface area contributed by atoms with Crippen molar-refractivity contribution in [1.82, 2.24) is 19.9 Å². The number of carbonyl (C=O) groups is 2. The molecule has 2 heterocycles. The second kappa shape index (κ2) is 13.5. The molecule has 0 saturated heterocycles. The van der Waals surface area contributed by atoms with E-state index in [2.05, 4.69) is 38.1 Å². The quantitative estimate of drug-likeness (QED) is 0.151. The van der Waals surface area contributed by atoms with Crippen molar-refractivity contribution in [1.29, 1.82) is 0 Å². The summed E-state index contributed by atoms with van der Waals surface area (Å²) in [6, 6.07) is 17.4. The van der Waals surface area contributed by atoms with Crippen LogP contribution in [0.1, 0.15) is 111 Å². The van der Waals surface area contributed by atoms with Gasteiger partial charge in [-0.3, -0.25) is 0 Å². The van der Waals surface area contributed by atoms with E-state index < -0.39 is 21.1 Å². The maximum atomic E-state index is 13.3. The zero-order chi connectivity index (χ0) is 27.0. The first kappa shape index (κ1) is 28.5. The Morgan fingerprint density at radius 3 is 1.79 bits per heavy atom. The van der Waals surface area contributed by atoms with Gasteiger partial charge in [-0.05, 0) is 0 Å². The summed E-state index contributed by atoms with van der Waals surface area (Å²) in [7, 11) is 0. The molecular formula is C31H40N4O2Sn. The molecule has 200 valence electrons. The van der Waals surface area contributed by atoms with E-state index in [-0.39, 0.29) is 18.4 Å². The average molecular weight is 619 g/mol. The predicted molar refractivity (Wildman–Crippen MR) is 153 cm³/mol. The van der Waals surface area contributed by atoms with Gasteiger partial charge in [0.25, 0.3) is 0 Å². The minimum atomic E-state index is -1.22. The van der Waals surface area contributed by atoms with Crippen LogP contribution in [-0.4, -0.2) is 52.9 Å². The fourth-order valence-electron chi connectivity index (χ4n) is 5.36. The molecule has 1 aliphatic rings. The monoisotopic (exact) mass is 620 g/mol. The molecule has 0 saturated carbocycles. The van der Waals surface area contributed by atoms with Gasteiger partial charge in [0.2, 0.25) is 0 Å². The summed E-state index contributed by atoms with van der Waals surface area (Å²) in [5.41, 5.74) is 3.06. The van der Waals surface area contributed by atoms with Crippen molar-refractivity contribution in [3.8, 4) is 0 Å². The Balaban J connectivity index is 1.71. The van der Waals surface area contributed by atoms with Crippen LogP contribution in [0.2, 0.25) is 3.43 Å². The van der Waals surface area contributed by atoms with Crippen LogP contribution >= 0.6 is 0 Å². The summed E-state index contributed by atoms with van der Waals surface area (Å²) in [5, 5.41) is 9.44. The van der Waals surface area contributed by atoms with Gasteiger partial charge in [0, 0.05) is 0 Å². The predicted octanol–water partition coefficient (Wildman–Crippen LogP) is 6.18. The van der Waals surface area contributed by atoms with Crippen LogP contribution in [-0.2, 0) is 13.1 Å². The van der Waals surface area contributed by atoms with Gasteiger partial charge < -0.3 is 0 Å². The molecule has 2 aromatic carbocycles. The molecule has 0 fully saturated rings. The molecule has 0 bridgehead atoms. The van der Waals surface area contributed by atoms with Gasteiger partial charge in [0.05, 0.1) is 0 Å². The van der Waals surface area contributed by atoms with Gasteiger partial charge in [-0.2, -0.15) is 0 Å². The first-order valence-corrected chi connectivity index (χ1v) is 17.1. The molecule has 3 aromatic rings. The number of rotatable bonds is 15. The molecule has 4 rings (SSSR count). The van der Waals surface area contributed by atoms with Crippen molar-refractivity contribution < 1.29 is 9.59 Å². The molecule has 2 radical (unpaired) electrons. The number of fused-ring (bicyclic) bond motifs is 1. The van der Waals surface area contributed by atoms with E-state index in [1.165, 1.54) is 62.7 Å². The third-order valence-corrected chi connectivity index (χ3v) is 13.0. The first-order valence-electron chi connectivity index (χ1n) is 14.2. The molecule has 2 amide bonds. The Kier molecular flexibility index (Phi) is 10.2. The molecule has 1 aliphatic heterocycles. The number of amides is 2. The van der Waals surface area contributed by atoms with E-state index in [0.29, 0.717) is 21.1 Å². The molecule has 0 unspecified atom stereocenters. The molecule has 0 atom stereocenters. The van der Waals surface area contributed by atoms with E-state index in [1.807, 2.05) is 35.0 Å². The van der Waals surface area contributed by atoms with Gasteiger partial charge in [-0.15, -0.1) is 0 Å². The summed E-state index contributed by atoms with van der Waals surface area (Å²) < 4.78 is 3.37. The standard InChI is InChI=1S/C18H13N4O2.C13H27.Sn/c23-17-15-8-4-5-9-16(15)18(24)21(17)12-14-10-19-20-22(14)11-13-6-2-1-3-7-13;1-4-7-10-13(11-8-5-2)12-9-6-3;/h1-9H,11-12H2;4-12H2,1-3H3;. The third kappa shape index (κ3) is 6.56. The Morgan fingerprint density at radius 1 is 0.737 bits per heavy atom. The maximum absolute atomic E-state index is 13.3. The van der Waals surface area contributed by atoms with E-state index in [1.54, 1.807) is 12.1 Å². The van der Waals surface area contributed by atoms with Crippen molar-refractivity contribution in [3.05, 3.63) is 77.0 Å². The van der Waals surface area contributed by atoms with Gasteiger partial charge in [-0.1, -0.05) is 0 Å². The van der Waals surface area contributed by atoms with E-state index in [9.17, 15) is 9.59 Å². The molecule has 0 aliphatic carbocycles. The van der Waals surface area contributed by atoms with Crippen LogP contribution in [0.15, 0.2) is 54.6 Å². The van der Waals surface area contributed by atoms with E-state index in [0.717, 1.165) is 15.0 Å². The second-order valence-electron chi connectivity index (χ2n) is 10.5. The van der Waals surface area contributed by atoms with Crippen LogP contribution in [0.5, 0.6) is 0 Å². The fourth-order valence-corrected chi connectivity index (χ4v) is 10.7. The van der Waals surface area contributed by atoms with Crippen molar-refractivity contribution in [2.45, 2.75) is 95.1 Å². The Hall–Kier alpha value is -2.48. The number of unbranched alkanes of at least 4 members (excludes halogenated alkanes) is 3. The SMILES string of the molecule is CCCC[C](CCCC)(CCCC)[Sn][c]1nnn(Cc2ccccc2)c1CN1C(=O)c2ccccc2C1=O. The number of hydrogen-bond donors (Lipinski definition) is 0. The second-order valence-corrected chi connectivity index (χ2v) is 15.6. The molecule has 0 spiro atoms. The zero-order valence-electron chi connectivity index (χ0n) is 23.1. The zero-order valence-corrected chi connectivity index (χ0v) is 25.9. The number of aromatic nitrogens is 3. The molecule has 1 aromatic heterocycles. The summed E-state index contributed by atoms with van der Waals surface area (Å²) in [4.78, 5) is 28.0. The van der Waals surface area contributed by atoms with Crippen LogP contribution < -0.4 is 3.71 Å². The summed E-state index contributed by atoms with van der Waals surface area (Å²) >= 11 is -1.22. The third-order valence-electron chi connectivity index (χ3n) is 7.61. The van der Waals surface area contributed by atoms with Gasteiger partial charge in [-0.25, -0.2) is 0 Å². The summed E-state index contributed by atoms with van der Waals surface area (Å²) in [6.45, 7) is 7.64. The number of hydrogen-bond acceptors (Lipinski definition) is 4. The average Bonchev–Trinajstić information content (AvgIpc) is 3.42. The summed E-state index contributed by atoms with van der Waals surface area (Å²) in [6.07, 6.45) is 11.0. The normalized spacial score (nSPS) is 13.4. The van der Waals surface area contributed by atoms with Crippen molar-refractivity contribution in [2.24, 2.45) is 0 Å². The van der Waals surface area contributed by atoms with Crippen LogP contribution in [0, 0.1) is 0 Å². The topological polar surface area (TPSA) is 68.1 Å². The number of imide groups is 1. The summed E-state index contributed by atoms with van der Waals surface area (Å²) in [5.74, 6) is -0.438. The molecule has 7 heteroatoms. The van der Waals surface area contributed by atoms with E-state index in [4.69, 9.17) is 5.10 Å². The number of carbonyl (C=O) groups excluding carboxylic acids is 2. The molecule has 6 nitrogen and oxygen atoms in total. The molecule has 0 N–H and O–H groups in total. The first-order chi connectivity index (χ1) is 18.5. The van der Waals surface area contributed by atoms with Crippen LogP contribution in [0.3, 0.4) is 0 Å². The van der Waals surface area contributed by atoms with Crippen LogP contribution in [0.25, 0.3) is 0 Å². The van der Waals surface area contributed by atoms with Crippen LogP contribution in [0.4, 0.5) is 0 Å². The van der Waals surface area contributed by atoms with Crippen molar-refractivity contribution in [3.63, 3.8) is 0 Å². The Labute approximate surface area is 237 Å².